The van der Waals surface area contributed by atoms with E-state index in [0.29, 0.717) is 5.92 Å². The SMILES string of the molecule is CCN(CCNC(=O)NC1CCC(CO)CC1)C1CC1. The van der Waals surface area contributed by atoms with E-state index in [1.807, 2.05) is 0 Å². The summed E-state index contributed by atoms with van der Waals surface area (Å²) in [5.74, 6) is 0.438. The maximum atomic E-state index is 11.8. The van der Waals surface area contributed by atoms with Crippen molar-refractivity contribution in [2.24, 2.45) is 5.92 Å². The predicted octanol–water partition coefficient (Wildman–Crippen LogP) is 1.32. The van der Waals surface area contributed by atoms with Gasteiger partial charge in [-0.05, 0) is 51.0 Å². The number of nitrogens with one attached hydrogen (secondary N) is 2. The van der Waals surface area contributed by atoms with Gasteiger partial charge in [-0.25, -0.2) is 4.79 Å². The van der Waals surface area contributed by atoms with Gasteiger partial charge in [-0.15, -0.1) is 0 Å². The van der Waals surface area contributed by atoms with Crippen LogP contribution in [0.2, 0.25) is 0 Å². The number of nitrogens with zero attached hydrogens (tertiary/aromatic N) is 1. The molecule has 2 amide bonds. The van der Waals surface area contributed by atoms with Gasteiger partial charge in [0.25, 0.3) is 0 Å². The van der Waals surface area contributed by atoms with Crippen molar-refractivity contribution in [1.29, 1.82) is 0 Å². The van der Waals surface area contributed by atoms with Crippen molar-refractivity contribution in [2.45, 2.75) is 57.5 Å². The molecule has 2 aliphatic rings. The zero-order chi connectivity index (χ0) is 14.4. The van der Waals surface area contributed by atoms with E-state index in [-0.39, 0.29) is 18.7 Å². The fourth-order valence-electron chi connectivity index (χ4n) is 3.08. The Balaban J connectivity index is 1.56. The molecule has 2 saturated carbocycles. The number of carbonyl (C=O) groups excluding carboxylic acids is 1. The minimum absolute atomic E-state index is 0.0377. The third kappa shape index (κ3) is 4.94. The summed E-state index contributed by atoms with van der Waals surface area (Å²) in [5, 5.41) is 15.1. The molecule has 2 fully saturated rings. The zero-order valence-electron chi connectivity index (χ0n) is 12.6. The Kier molecular flexibility index (Phi) is 6.10. The first-order chi connectivity index (χ1) is 9.72. The highest BCUT2D eigenvalue weighted by Crippen LogP contribution is 2.26. The first-order valence-electron chi connectivity index (χ1n) is 8.12. The van der Waals surface area contributed by atoms with Gasteiger partial charge in [-0.1, -0.05) is 6.92 Å². The average Bonchev–Trinajstić information content (AvgIpc) is 3.29. The molecule has 0 unspecified atom stereocenters. The molecule has 0 aliphatic heterocycles. The van der Waals surface area contributed by atoms with Crippen molar-refractivity contribution in [3.63, 3.8) is 0 Å². The molecule has 0 aromatic rings. The molecular weight excluding hydrogens is 254 g/mol. The number of aliphatic hydroxyl groups is 1. The van der Waals surface area contributed by atoms with Crippen LogP contribution in [-0.2, 0) is 0 Å². The smallest absolute Gasteiger partial charge is 0.315 e. The molecule has 20 heavy (non-hydrogen) atoms. The molecule has 116 valence electrons. The summed E-state index contributed by atoms with van der Waals surface area (Å²) < 4.78 is 0. The van der Waals surface area contributed by atoms with Gasteiger partial charge >= 0.3 is 6.03 Å². The lowest BCUT2D eigenvalue weighted by molar-refractivity contribution is 0.174. The van der Waals surface area contributed by atoms with E-state index < -0.39 is 0 Å². The number of hydrogen-bond donors (Lipinski definition) is 3. The maximum Gasteiger partial charge on any atom is 0.315 e. The molecule has 0 saturated heterocycles. The minimum Gasteiger partial charge on any atom is -0.396 e. The number of carbonyl (C=O) groups is 1. The third-order valence-corrected chi connectivity index (χ3v) is 4.59. The lowest BCUT2D eigenvalue weighted by Gasteiger charge is -2.28. The van der Waals surface area contributed by atoms with Crippen LogP contribution in [0.25, 0.3) is 0 Å². The lowest BCUT2D eigenvalue weighted by atomic mass is 9.87. The van der Waals surface area contributed by atoms with Crippen molar-refractivity contribution in [3.05, 3.63) is 0 Å². The van der Waals surface area contributed by atoms with Gasteiger partial charge in [-0.3, -0.25) is 4.90 Å². The Hall–Kier alpha value is -0.810. The Labute approximate surface area is 122 Å². The summed E-state index contributed by atoms with van der Waals surface area (Å²) in [6.45, 7) is 5.21. The quantitative estimate of drug-likeness (QED) is 0.660. The summed E-state index contributed by atoms with van der Waals surface area (Å²) in [6, 6.07) is 1.01. The largest absolute Gasteiger partial charge is 0.396 e. The molecule has 0 aromatic heterocycles. The molecule has 2 rings (SSSR count). The first kappa shape index (κ1) is 15.6. The van der Waals surface area contributed by atoms with Gasteiger partial charge in [0.1, 0.15) is 0 Å². The number of amides is 2. The summed E-state index contributed by atoms with van der Waals surface area (Å²) in [4.78, 5) is 14.3. The molecular formula is C15H29N3O2. The predicted molar refractivity (Wildman–Crippen MR) is 79.6 cm³/mol. The Morgan fingerprint density at radius 3 is 2.45 bits per heavy atom. The molecule has 0 heterocycles. The van der Waals surface area contributed by atoms with Crippen molar-refractivity contribution in [1.82, 2.24) is 15.5 Å². The standard InChI is InChI=1S/C15H29N3O2/c1-2-18(14-7-8-14)10-9-16-15(20)17-13-5-3-12(11-19)4-6-13/h12-14,19H,2-11H2,1H3,(H2,16,17,20). The Bertz CT molecular complexity index is 299. The fourth-order valence-corrected chi connectivity index (χ4v) is 3.08. The third-order valence-electron chi connectivity index (χ3n) is 4.59. The molecule has 5 heteroatoms. The number of aliphatic hydroxyl groups excluding tert-OH is 1. The maximum absolute atomic E-state index is 11.8. The Morgan fingerprint density at radius 2 is 1.90 bits per heavy atom. The topological polar surface area (TPSA) is 64.6 Å². The van der Waals surface area contributed by atoms with Gasteiger partial charge in [-0.2, -0.15) is 0 Å². The van der Waals surface area contributed by atoms with E-state index in [0.717, 1.165) is 51.4 Å². The normalized spacial score (nSPS) is 26.6. The molecule has 5 nitrogen and oxygen atoms in total. The lowest BCUT2D eigenvalue weighted by Crippen LogP contribution is -2.46. The number of urea groups is 1. The van der Waals surface area contributed by atoms with Crippen molar-refractivity contribution < 1.29 is 9.90 Å². The van der Waals surface area contributed by atoms with Crippen LogP contribution < -0.4 is 10.6 Å². The second-order valence-electron chi connectivity index (χ2n) is 6.16. The zero-order valence-corrected chi connectivity index (χ0v) is 12.6. The fraction of sp³-hybridized carbons (Fsp3) is 0.933. The van der Waals surface area contributed by atoms with Crippen LogP contribution in [0.3, 0.4) is 0 Å². The van der Waals surface area contributed by atoms with Crippen LogP contribution in [0.4, 0.5) is 4.79 Å². The van der Waals surface area contributed by atoms with E-state index in [1.165, 1.54) is 12.8 Å². The van der Waals surface area contributed by atoms with E-state index in [4.69, 9.17) is 5.11 Å². The van der Waals surface area contributed by atoms with E-state index in [1.54, 1.807) is 0 Å². The van der Waals surface area contributed by atoms with Crippen molar-refractivity contribution >= 4 is 6.03 Å². The number of hydrogen-bond acceptors (Lipinski definition) is 3. The van der Waals surface area contributed by atoms with Gasteiger partial charge in [0.15, 0.2) is 0 Å². The monoisotopic (exact) mass is 283 g/mol. The van der Waals surface area contributed by atoms with Crippen LogP contribution in [-0.4, -0.2) is 54.4 Å². The summed E-state index contributed by atoms with van der Waals surface area (Å²) in [6.07, 6.45) is 6.64. The molecule has 0 aromatic carbocycles. The van der Waals surface area contributed by atoms with Crippen LogP contribution in [0.1, 0.15) is 45.4 Å². The minimum atomic E-state index is -0.0377. The van der Waals surface area contributed by atoms with Gasteiger partial charge < -0.3 is 15.7 Å². The van der Waals surface area contributed by atoms with E-state index in [9.17, 15) is 4.79 Å². The second-order valence-corrected chi connectivity index (χ2v) is 6.16. The van der Waals surface area contributed by atoms with Crippen molar-refractivity contribution in [2.75, 3.05) is 26.2 Å². The Morgan fingerprint density at radius 1 is 1.20 bits per heavy atom. The average molecular weight is 283 g/mol. The molecule has 0 spiro atoms. The van der Waals surface area contributed by atoms with Crippen LogP contribution >= 0.6 is 0 Å². The highest BCUT2D eigenvalue weighted by atomic mass is 16.3. The molecule has 0 atom stereocenters. The highest BCUT2D eigenvalue weighted by Gasteiger charge is 2.27. The van der Waals surface area contributed by atoms with Crippen LogP contribution in [0.15, 0.2) is 0 Å². The van der Waals surface area contributed by atoms with Gasteiger partial charge in [0, 0.05) is 31.8 Å². The number of likely N-dealkylation sites (N-methyl/N-ethyl adjacent to an activating group) is 1. The summed E-state index contributed by atoms with van der Waals surface area (Å²) in [7, 11) is 0. The molecule has 0 radical (unpaired) electrons. The molecule has 2 aliphatic carbocycles. The van der Waals surface area contributed by atoms with Gasteiger partial charge in [0.2, 0.25) is 0 Å². The molecule has 0 bridgehead atoms. The van der Waals surface area contributed by atoms with Crippen LogP contribution in [0, 0.1) is 5.92 Å². The second kappa shape index (κ2) is 7.84. The first-order valence-corrected chi connectivity index (χ1v) is 8.12. The highest BCUT2D eigenvalue weighted by molar-refractivity contribution is 5.74. The van der Waals surface area contributed by atoms with E-state index in [2.05, 4.69) is 22.5 Å². The number of rotatable bonds is 7. The summed E-state index contributed by atoms with van der Waals surface area (Å²) in [5.41, 5.74) is 0. The van der Waals surface area contributed by atoms with E-state index >= 15 is 0 Å². The van der Waals surface area contributed by atoms with Gasteiger partial charge in [0.05, 0.1) is 0 Å². The summed E-state index contributed by atoms with van der Waals surface area (Å²) >= 11 is 0. The molecule has 3 N–H and O–H groups in total. The van der Waals surface area contributed by atoms with Crippen LogP contribution in [0.5, 0.6) is 0 Å². The van der Waals surface area contributed by atoms with Crippen molar-refractivity contribution in [3.8, 4) is 0 Å².